The number of ether oxygens (including phenoxy) is 1. The fraction of sp³-hybridized carbons (Fsp3) is 0.0435. The molecule has 6 nitrogen and oxygen atoms in total. The van der Waals surface area contributed by atoms with E-state index in [0.717, 1.165) is 11.4 Å². The van der Waals surface area contributed by atoms with E-state index in [1.54, 1.807) is 48.3 Å². The van der Waals surface area contributed by atoms with Gasteiger partial charge in [-0.3, -0.25) is 4.79 Å². The van der Waals surface area contributed by atoms with Gasteiger partial charge in [-0.25, -0.2) is 0 Å². The molecule has 0 unspecified atom stereocenters. The zero-order valence-electron chi connectivity index (χ0n) is 15.7. The van der Waals surface area contributed by atoms with Gasteiger partial charge in [0.15, 0.2) is 0 Å². The van der Waals surface area contributed by atoms with Gasteiger partial charge in [-0.1, -0.05) is 18.2 Å². The predicted octanol–water partition coefficient (Wildman–Crippen LogP) is 4.67. The average molecular weight is 385 g/mol. The van der Waals surface area contributed by atoms with Gasteiger partial charge in [0.25, 0.3) is 5.91 Å². The molecule has 0 aromatic heterocycles. The molecule has 3 aromatic rings. The third kappa shape index (κ3) is 5.37. The summed E-state index contributed by atoms with van der Waals surface area (Å²) in [5.41, 5.74) is 1.22. The molecule has 144 valence electrons. The highest BCUT2D eigenvalue weighted by Gasteiger charge is 2.11. The maximum absolute atomic E-state index is 12.4. The molecule has 29 heavy (non-hydrogen) atoms. The lowest BCUT2D eigenvalue weighted by molar-refractivity contribution is -0.112. The number of anilines is 2. The quantitative estimate of drug-likeness (QED) is 0.476. The summed E-state index contributed by atoms with van der Waals surface area (Å²) in [6.07, 6.45) is 1.44. The number of hydrogen-bond donors (Lipinski definition) is 2. The highest BCUT2D eigenvalue weighted by Crippen LogP contribution is 2.23. The number of amides is 1. The van der Waals surface area contributed by atoms with Crippen molar-refractivity contribution in [1.82, 2.24) is 0 Å². The van der Waals surface area contributed by atoms with Crippen molar-refractivity contribution < 1.29 is 14.6 Å². The molecule has 2 N–H and O–H groups in total. The number of phenolic OH excluding ortho intramolecular Hbond substituents is 1. The predicted molar refractivity (Wildman–Crippen MR) is 112 cm³/mol. The summed E-state index contributed by atoms with van der Waals surface area (Å²) in [6, 6.07) is 24.6. The van der Waals surface area contributed by atoms with E-state index in [1.807, 2.05) is 36.4 Å². The standard InChI is InChI=1S/C23H19N3O3/c1-26(19-9-11-20(27)12-10-19)16-17(15-24)23(28)25-18-7-13-22(14-8-18)29-21-5-3-2-4-6-21/h2-14,16,27H,1H3,(H,25,28)/b17-16-. The average Bonchev–Trinajstić information content (AvgIpc) is 2.74. The van der Waals surface area contributed by atoms with Gasteiger partial charge < -0.3 is 20.1 Å². The summed E-state index contributed by atoms with van der Waals surface area (Å²) in [7, 11) is 1.71. The lowest BCUT2D eigenvalue weighted by Gasteiger charge is -2.15. The van der Waals surface area contributed by atoms with Crippen LogP contribution in [0.4, 0.5) is 11.4 Å². The van der Waals surface area contributed by atoms with Crippen LogP contribution in [0.3, 0.4) is 0 Å². The first-order valence-corrected chi connectivity index (χ1v) is 8.83. The Morgan fingerprint density at radius 3 is 2.24 bits per heavy atom. The van der Waals surface area contributed by atoms with Gasteiger partial charge in [0.05, 0.1) is 0 Å². The molecule has 0 aliphatic rings. The lowest BCUT2D eigenvalue weighted by atomic mass is 10.2. The minimum Gasteiger partial charge on any atom is -0.508 e. The van der Waals surface area contributed by atoms with Crippen LogP contribution in [-0.4, -0.2) is 18.1 Å². The molecule has 0 aliphatic heterocycles. The van der Waals surface area contributed by atoms with Crippen molar-refractivity contribution in [2.45, 2.75) is 0 Å². The Bertz CT molecular complexity index is 1040. The maximum atomic E-state index is 12.4. The van der Waals surface area contributed by atoms with Crippen LogP contribution < -0.4 is 15.0 Å². The number of phenols is 1. The summed E-state index contributed by atoms with van der Waals surface area (Å²) in [4.78, 5) is 14.1. The first kappa shape index (κ1) is 19.5. The molecule has 0 bridgehead atoms. The minimum atomic E-state index is -0.519. The zero-order chi connectivity index (χ0) is 20.6. The third-order valence-electron chi connectivity index (χ3n) is 4.04. The topological polar surface area (TPSA) is 85.6 Å². The van der Waals surface area contributed by atoms with E-state index in [-0.39, 0.29) is 11.3 Å². The number of para-hydroxylation sites is 1. The Balaban J connectivity index is 1.66. The van der Waals surface area contributed by atoms with Gasteiger partial charge in [-0.2, -0.15) is 5.26 Å². The van der Waals surface area contributed by atoms with Crippen molar-refractivity contribution in [2.24, 2.45) is 0 Å². The molecular formula is C23H19N3O3. The normalized spacial score (nSPS) is 10.7. The smallest absolute Gasteiger partial charge is 0.267 e. The van der Waals surface area contributed by atoms with Crippen molar-refractivity contribution >= 4 is 17.3 Å². The number of hydrogen-bond acceptors (Lipinski definition) is 5. The van der Waals surface area contributed by atoms with E-state index in [1.165, 1.54) is 18.3 Å². The van der Waals surface area contributed by atoms with Crippen molar-refractivity contribution in [1.29, 1.82) is 5.26 Å². The molecular weight excluding hydrogens is 366 g/mol. The van der Waals surface area contributed by atoms with E-state index < -0.39 is 5.91 Å². The fourth-order valence-corrected chi connectivity index (χ4v) is 2.52. The van der Waals surface area contributed by atoms with Gasteiger partial charge in [-0.05, 0) is 60.7 Å². The second-order valence-electron chi connectivity index (χ2n) is 6.18. The number of rotatable bonds is 6. The summed E-state index contributed by atoms with van der Waals surface area (Å²) < 4.78 is 5.72. The Hall–Kier alpha value is -4.24. The van der Waals surface area contributed by atoms with Crippen LogP contribution in [0.15, 0.2) is 90.6 Å². The van der Waals surface area contributed by atoms with Crippen molar-refractivity contribution in [2.75, 3.05) is 17.3 Å². The summed E-state index contributed by atoms with van der Waals surface area (Å²) in [5, 5.41) is 21.4. The molecule has 0 radical (unpaired) electrons. The molecule has 0 saturated heterocycles. The number of nitriles is 1. The van der Waals surface area contributed by atoms with E-state index in [4.69, 9.17) is 4.74 Å². The van der Waals surface area contributed by atoms with Crippen molar-refractivity contribution in [3.05, 3.63) is 90.6 Å². The minimum absolute atomic E-state index is 0.0508. The Kier molecular flexibility index (Phi) is 6.13. The number of nitrogens with one attached hydrogen (secondary N) is 1. The van der Waals surface area contributed by atoms with E-state index in [2.05, 4.69) is 5.32 Å². The third-order valence-corrected chi connectivity index (χ3v) is 4.04. The van der Waals surface area contributed by atoms with Crippen molar-refractivity contribution in [3.63, 3.8) is 0 Å². The first-order chi connectivity index (χ1) is 14.0. The largest absolute Gasteiger partial charge is 0.508 e. The zero-order valence-corrected chi connectivity index (χ0v) is 15.7. The fourth-order valence-electron chi connectivity index (χ4n) is 2.52. The van der Waals surface area contributed by atoms with Gasteiger partial charge >= 0.3 is 0 Å². The van der Waals surface area contributed by atoms with Crippen LogP contribution >= 0.6 is 0 Å². The Labute approximate surface area is 168 Å². The van der Waals surface area contributed by atoms with E-state index in [0.29, 0.717) is 11.4 Å². The van der Waals surface area contributed by atoms with Crippen LogP contribution in [0, 0.1) is 11.3 Å². The van der Waals surface area contributed by atoms with E-state index in [9.17, 15) is 15.2 Å². The highest BCUT2D eigenvalue weighted by molar-refractivity contribution is 6.06. The summed E-state index contributed by atoms with van der Waals surface area (Å²) >= 11 is 0. The molecule has 0 saturated carbocycles. The first-order valence-electron chi connectivity index (χ1n) is 8.83. The molecule has 0 aliphatic carbocycles. The number of carbonyl (C=O) groups excluding carboxylic acids is 1. The lowest BCUT2D eigenvalue weighted by Crippen LogP contribution is -2.17. The number of nitrogens with zero attached hydrogens (tertiary/aromatic N) is 2. The second kappa shape index (κ2) is 9.11. The van der Waals surface area contributed by atoms with Gasteiger partial charge in [-0.15, -0.1) is 0 Å². The monoisotopic (exact) mass is 385 g/mol. The molecule has 3 aromatic carbocycles. The number of carbonyl (C=O) groups is 1. The van der Waals surface area contributed by atoms with Crippen LogP contribution in [0.5, 0.6) is 17.2 Å². The Morgan fingerprint density at radius 2 is 1.62 bits per heavy atom. The highest BCUT2D eigenvalue weighted by atomic mass is 16.5. The van der Waals surface area contributed by atoms with Crippen molar-refractivity contribution in [3.8, 4) is 23.3 Å². The van der Waals surface area contributed by atoms with Gasteiger partial charge in [0, 0.05) is 24.6 Å². The summed E-state index contributed by atoms with van der Waals surface area (Å²) in [5.74, 6) is 0.979. The van der Waals surface area contributed by atoms with Gasteiger partial charge in [0.1, 0.15) is 28.9 Å². The summed E-state index contributed by atoms with van der Waals surface area (Å²) in [6.45, 7) is 0. The van der Waals surface area contributed by atoms with Crippen LogP contribution in [-0.2, 0) is 4.79 Å². The molecule has 1 amide bonds. The molecule has 6 heteroatoms. The van der Waals surface area contributed by atoms with Crippen LogP contribution in [0.25, 0.3) is 0 Å². The molecule has 0 fully saturated rings. The number of aromatic hydroxyl groups is 1. The van der Waals surface area contributed by atoms with Crippen LogP contribution in [0.1, 0.15) is 0 Å². The molecule has 0 spiro atoms. The molecule has 3 rings (SSSR count). The molecule has 0 atom stereocenters. The molecule has 0 heterocycles. The number of benzene rings is 3. The second-order valence-corrected chi connectivity index (χ2v) is 6.18. The maximum Gasteiger partial charge on any atom is 0.267 e. The van der Waals surface area contributed by atoms with E-state index >= 15 is 0 Å². The SMILES string of the molecule is CN(/C=C(/C#N)C(=O)Nc1ccc(Oc2ccccc2)cc1)c1ccc(O)cc1. The van der Waals surface area contributed by atoms with Crippen LogP contribution in [0.2, 0.25) is 0 Å². The Morgan fingerprint density at radius 1 is 1.00 bits per heavy atom. The van der Waals surface area contributed by atoms with Gasteiger partial charge in [0.2, 0.25) is 0 Å².